The summed E-state index contributed by atoms with van der Waals surface area (Å²) in [5.41, 5.74) is 0. The number of hydrogen-bond acceptors (Lipinski definition) is 3. The maximum absolute atomic E-state index is 5.95. The zero-order valence-electron chi connectivity index (χ0n) is 12.2. The normalized spacial score (nSPS) is 24.3. The topological polar surface area (TPSA) is 30.5 Å². The lowest BCUT2D eigenvalue weighted by Crippen LogP contribution is -2.29. The fourth-order valence-electron chi connectivity index (χ4n) is 2.54. The molecule has 0 amide bonds. The van der Waals surface area contributed by atoms with E-state index in [1.165, 1.54) is 32.1 Å². The molecule has 0 bridgehead atoms. The minimum absolute atomic E-state index is 0.513. The van der Waals surface area contributed by atoms with Crippen LogP contribution in [0.5, 0.6) is 0 Å². The van der Waals surface area contributed by atoms with Gasteiger partial charge in [0.2, 0.25) is 0 Å². The number of rotatable bonds is 10. The highest BCUT2D eigenvalue weighted by atomic mass is 16.5. The minimum Gasteiger partial charge on any atom is -0.382 e. The number of ether oxygens (including phenoxy) is 2. The molecular weight excluding hydrogens is 226 g/mol. The van der Waals surface area contributed by atoms with Gasteiger partial charge in [0.25, 0.3) is 0 Å². The zero-order valence-corrected chi connectivity index (χ0v) is 12.2. The zero-order chi connectivity index (χ0) is 13.1. The summed E-state index contributed by atoms with van der Waals surface area (Å²) >= 11 is 0. The maximum atomic E-state index is 5.95. The molecule has 0 heterocycles. The van der Waals surface area contributed by atoms with E-state index in [1.54, 1.807) is 0 Å². The van der Waals surface area contributed by atoms with E-state index < -0.39 is 0 Å². The highest BCUT2D eigenvalue weighted by Gasteiger charge is 2.21. The van der Waals surface area contributed by atoms with E-state index in [0.29, 0.717) is 6.10 Å². The second-order valence-electron chi connectivity index (χ2n) is 5.33. The summed E-state index contributed by atoms with van der Waals surface area (Å²) in [5.74, 6) is 0.755. The van der Waals surface area contributed by atoms with Gasteiger partial charge in [-0.2, -0.15) is 0 Å². The van der Waals surface area contributed by atoms with Crippen LogP contribution in [0.25, 0.3) is 0 Å². The second kappa shape index (κ2) is 10.8. The van der Waals surface area contributed by atoms with Gasteiger partial charge in [0.15, 0.2) is 0 Å². The van der Waals surface area contributed by atoms with Crippen molar-refractivity contribution < 1.29 is 9.47 Å². The quantitative estimate of drug-likeness (QED) is 0.610. The Morgan fingerprint density at radius 3 is 2.67 bits per heavy atom. The van der Waals surface area contributed by atoms with E-state index >= 15 is 0 Å². The highest BCUT2D eigenvalue weighted by molar-refractivity contribution is 4.72. The lowest BCUT2D eigenvalue weighted by Gasteiger charge is -2.28. The summed E-state index contributed by atoms with van der Waals surface area (Å²) in [5, 5.41) is 3.44. The molecule has 3 nitrogen and oxygen atoms in total. The Bertz CT molecular complexity index is 187. The molecule has 1 N–H and O–H groups in total. The third kappa shape index (κ3) is 7.34. The van der Waals surface area contributed by atoms with Gasteiger partial charge in [-0.25, -0.2) is 0 Å². The molecule has 2 atom stereocenters. The lowest BCUT2D eigenvalue weighted by atomic mass is 9.88. The highest BCUT2D eigenvalue weighted by Crippen LogP contribution is 2.25. The van der Waals surface area contributed by atoms with Crippen molar-refractivity contribution in [1.82, 2.24) is 5.32 Å². The molecular formula is C15H31NO2. The predicted octanol–water partition coefficient (Wildman–Crippen LogP) is 2.99. The fraction of sp³-hybridized carbons (Fsp3) is 1.00. The predicted molar refractivity (Wildman–Crippen MR) is 76.0 cm³/mol. The Hall–Kier alpha value is -0.120. The number of nitrogens with one attached hydrogen (secondary N) is 1. The molecule has 0 radical (unpaired) electrons. The maximum Gasteiger partial charge on any atom is 0.0601 e. The Kier molecular flexibility index (Phi) is 9.54. The smallest absolute Gasteiger partial charge is 0.0601 e. The van der Waals surface area contributed by atoms with Crippen molar-refractivity contribution in [2.75, 3.05) is 32.9 Å². The molecule has 0 spiro atoms. The van der Waals surface area contributed by atoms with Crippen molar-refractivity contribution >= 4 is 0 Å². The average Bonchev–Trinajstić information content (AvgIpc) is 2.39. The van der Waals surface area contributed by atoms with E-state index in [-0.39, 0.29) is 0 Å². The van der Waals surface area contributed by atoms with Crippen LogP contribution in [-0.4, -0.2) is 39.0 Å². The van der Waals surface area contributed by atoms with Gasteiger partial charge in [-0.05, 0) is 45.1 Å². The van der Waals surface area contributed by atoms with Gasteiger partial charge in [-0.15, -0.1) is 0 Å². The van der Waals surface area contributed by atoms with Crippen molar-refractivity contribution in [3.63, 3.8) is 0 Å². The molecule has 1 fully saturated rings. The minimum atomic E-state index is 0.513. The molecule has 18 heavy (non-hydrogen) atoms. The van der Waals surface area contributed by atoms with Crippen molar-refractivity contribution in [3.05, 3.63) is 0 Å². The van der Waals surface area contributed by atoms with Gasteiger partial charge in [-0.1, -0.05) is 19.8 Å². The van der Waals surface area contributed by atoms with Crippen LogP contribution in [-0.2, 0) is 9.47 Å². The Balaban J connectivity index is 1.83. The van der Waals surface area contributed by atoms with E-state index in [9.17, 15) is 0 Å². The molecule has 2 unspecified atom stereocenters. The van der Waals surface area contributed by atoms with Crippen LogP contribution >= 0.6 is 0 Å². The van der Waals surface area contributed by atoms with Crippen LogP contribution < -0.4 is 5.32 Å². The Morgan fingerprint density at radius 2 is 1.89 bits per heavy atom. The molecule has 1 aliphatic rings. The number of unbranched alkanes of at least 4 members (excludes halogenated alkanes) is 1. The lowest BCUT2D eigenvalue weighted by molar-refractivity contribution is -0.00313. The molecule has 0 saturated heterocycles. The van der Waals surface area contributed by atoms with E-state index in [4.69, 9.17) is 9.47 Å². The first-order valence-corrected chi connectivity index (χ1v) is 7.74. The second-order valence-corrected chi connectivity index (χ2v) is 5.33. The molecule has 1 aliphatic carbocycles. The molecule has 0 aromatic rings. The first-order valence-electron chi connectivity index (χ1n) is 7.74. The van der Waals surface area contributed by atoms with Crippen LogP contribution in [0.4, 0.5) is 0 Å². The van der Waals surface area contributed by atoms with Gasteiger partial charge < -0.3 is 14.8 Å². The molecule has 0 aromatic heterocycles. The number of hydrogen-bond donors (Lipinski definition) is 1. The van der Waals surface area contributed by atoms with Crippen LogP contribution in [0.1, 0.15) is 52.4 Å². The third-order valence-corrected chi connectivity index (χ3v) is 3.74. The van der Waals surface area contributed by atoms with Crippen LogP contribution in [0.2, 0.25) is 0 Å². The summed E-state index contributed by atoms with van der Waals surface area (Å²) < 4.78 is 11.3. The van der Waals surface area contributed by atoms with Crippen LogP contribution in [0.15, 0.2) is 0 Å². The summed E-state index contributed by atoms with van der Waals surface area (Å²) in [6.07, 6.45) is 8.20. The van der Waals surface area contributed by atoms with E-state index in [2.05, 4.69) is 12.2 Å². The van der Waals surface area contributed by atoms with Crippen LogP contribution in [0.3, 0.4) is 0 Å². The Morgan fingerprint density at radius 1 is 1.06 bits per heavy atom. The molecule has 108 valence electrons. The van der Waals surface area contributed by atoms with Gasteiger partial charge in [0, 0.05) is 19.8 Å². The SMILES string of the molecule is CCOCCCCNCCOC1CCCCC1C. The third-order valence-electron chi connectivity index (χ3n) is 3.74. The molecule has 0 aliphatic heterocycles. The van der Waals surface area contributed by atoms with E-state index in [1.807, 2.05) is 6.92 Å². The van der Waals surface area contributed by atoms with Gasteiger partial charge in [0.05, 0.1) is 12.7 Å². The monoisotopic (exact) mass is 257 g/mol. The van der Waals surface area contributed by atoms with Crippen molar-refractivity contribution in [2.24, 2.45) is 5.92 Å². The van der Waals surface area contributed by atoms with Crippen molar-refractivity contribution in [3.8, 4) is 0 Å². The van der Waals surface area contributed by atoms with Gasteiger partial charge in [-0.3, -0.25) is 0 Å². The molecule has 1 rings (SSSR count). The first kappa shape index (κ1) is 15.9. The molecule has 3 heteroatoms. The first-order chi connectivity index (χ1) is 8.84. The van der Waals surface area contributed by atoms with E-state index in [0.717, 1.165) is 45.2 Å². The van der Waals surface area contributed by atoms with Gasteiger partial charge >= 0.3 is 0 Å². The molecule has 1 saturated carbocycles. The van der Waals surface area contributed by atoms with Crippen molar-refractivity contribution in [1.29, 1.82) is 0 Å². The summed E-state index contributed by atoms with van der Waals surface area (Å²) in [6.45, 7) is 9.02. The van der Waals surface area contributed by atoms with Crippen molar-refractivity contribution in [2.45, 2.75) is 58.5 Å². The Labute approximate surface area is 113 Å². The summed E-state index contributed by atoms with van der Waals surface area (Å²) in [4.78, 5) is 0. The van der Waals surface area contributed by atoms with Crippen LogP contribution in [0, 0.1) is 5.92 Å². The largest absolute Gasteiger partial charge is 0.382 e. The molecule has 0 aromatic carbocycles. The fourth-order valence-corrected chi connectivity index (χ4v) is 2.54. The average molecular weight is 257 g/mol. The standard InChI is InChI=1S/C15H31NO2/c1-3-17-12-7-6-10-16-11-13-18-15-9-5-4-8-14(15)2/h14-16H,3-13H2,1-2H3. The summed E-state index contributed by atoms with van der Waals surface area (Å²) in [6, 6.07) is 0. The van der Waals surface area contributed by atoms with Gasteiger partial charge in [0.1, 0.15) is 0 Å². The summed E-state index contributed by atoms with van der Waals surface area (Å²) in [7, 11) is 0.